The highest BCUT2D eigenvalue weighted by atomic mass is 16.4. The number of aliphatic hydroxyl groups is 1. The number of piperidine rings is 1. The van der Waals surface area contributed by atoms with Gasteiger partial charge in [-0.25, -0.2) is 4.79 Å². The Hall–Kier alpha value is -2.41. The molecule has 0 aromatic heterocycles. The number of β-amino-alcohol motifs (C(OH)–C–C–N with tert-alkyl or cyclic N) is 1. The Kier molecular flexibility index (Phi) is 3.13. The van der Waals surface area contributed by atoms with Gasteiger partial charge in [-0.3, -0.25) is 14.5 Å². The molecule has 7 nitrogen and oxygen atoms in total. The maximum absolute atomic E-state index is 12.3. The number of carbonyl (C=O) groups is 3. The molecule has 110 valence electrons. The molecule has 3 amide bonds. The summed E-state index contributed by atoms with van der Waals surface area (Å²) in [6.07, 6.45) is -1.87. The summed E-state index contributed by atoms with van der Waals surface area (Å²) in [5.41, 5.74) is 0.647. The second kappa shape index (κ2) is 4.85. The number of carbonyl (C=O) groups excluding carboxylic acids is 2. The maximum atomic E-state index is 12.3. The highest BCUT2D eigenvalue weighted by Crippen LogP contribution is 2.28. The molecule has 1 saturated heterocycles. The Morgan fingerprint density at radius 3 is 2.19 bits per heavy atom. The Morgan fingerprint density at radius 1 is 1.10 bits per heavy atom. The summed E-state index contributed by atoms with van der Waals surface area (Å²) in [5, 5.41) is 18.8. The number of carboxylic acid groups (broad SMARTS) is 1. The van der Waals surface area contributed by atoms with E-state index in [1.54, 1.807) is 24.3 Å². The molecule has 0 aliphatic carbocycles. The third-order valence-corrected chi connectivity index (χ3v) is 3.87. The van der Waals surface area contributed by atoms with Gasteiger partial charge in [-0.05, 0) is 18.6 Å². The summed E-state index contributed by atoms with van der Waals surface area (Å²) in [5.74, 6) is -0.861. The van der Waals surface area contributed by atoms with E-state index in [9.17, 15) is 19.5 Å². The Labute approximate surface area is 120 Å². The molecule has 0 radical (unpaired) electrons. The van der Waals surface area contributed by atoms with Crippen LogP contribution in [0.5, 0.6) is 0 Å². The standard InChI is InChI=1S/C14H14N2O5/c17-9-5-8(6-15(7-9)14(20)21)16-12(18)10-3-1-2-4-11(10)13(16)19/h1-4,8-9,17H,5-7H2,(H,20,21)/t8-,9?/m1/s1. The number of rotatable bonds is 1. The normalized spacial score (nSPS) is 25.2. The summed E-state index contributed by atoms with van der Waals surface area (Å²) < 4.78 is 0. The number of nitrogens with zero attached hydrogens (tertiary/aromatic N) is 2. The number of amides is 3. The summed E-state index contributed by atoms with van der Waals surface area (Å²) in [6, 6.07) is 5.85. The molecule has 1 unspecified atom stereocenters. The van der Waals surface area contributed by atoms with Crippen LogP contribution in [0.3, 0.4) is 0 Å². The SMILES string of the molecule is O=C(O)N1CC(O)C[C@@H](N2C(=O)c3ccccc3C2=O)C1. The van der Waals surface area contributed by atoms with Gasteiger partial charge in [0.05, 0.1) is 29.8 Å². The second-order valence-corrected chi connectivity index (χ2v) is 5.26. The lowest BCUT2D eigenvalue weighted by Crippen LogP contribution is -2.55. The van der Waals surface area contributed by atoms with Crippen LogP contribution in [0.1, 0.15) is 27.1 Å². The number of hydrogen-bond donors (Lipinski definition) is 2. The molecule has 0 bridgehead atoms. The van der Waals surface area contributed by atoms with Gasteiger partial charge in [0.25, 0.3) is 11.8 Å². The van der Waals surface area contributed by atoms with Crippen molar-refractivity contribution in [2.24, 2.45) is 0 Å². The van der Waals surface area contributed by atoms with Gasteiger partial charge in [0.2, 0.25) is 0 Å². The maximum Gasteiger partial charge on any atom is 0.407 e. The van der Waals surface area contributed by atoms with Gasteiger partial charge < -0.3 is 15.1 Å². The van der Waals surface area contributed by atoms with Crippen LogP contribution in [0.15, 0.2) is 24.3 Å². The van der Waals surface area contributed by atoms with E-state index in [-0.39, 0.29) is 19.5 Å². The van der Waals surface area contributed by atoms with Gasteiger partial charge in [0.15, 0.2) is 0 Å². The van der Waals surface area contributed by atoms with Gasteiger partial charge in [-0.1, -0.05) is 12.1 Å². The molecular formula is C14H14N2O5. The first-order valence-electron chi connectivity index (χ1n) is 6.62. The van der Waals surface area contributed by atoms with Crippen LogP contribution in [-0.2, 0) is 0 Å². The molecule has 0 saturated carbocycles. The fourth-order valence-corrected chi connectivity index (χ4v) is 2.93. The molecular weight excluding hydrogens is 276 g/mol. The van der Waals surface area contributed by atoms with E-state index in [1.165, 1.54) is 0 Å². The lowest BCUT2D eigenvalue weighted by atomic mass is 10.0. The molecule has 3 rings (SSSR count). The minimum Gasteiger partial charge on any atom is -0.465 e. The van der Waals surface area contributed by atoms with E-state index in [0.717, 1.165) is 9.80 Å². The van der Waals surface area contributed by atoms with Crippen LogP contribution in [0, 0.1) is 0 Å². The van der Waals surface area contributed by atoms with Crippen molar-refractivity contribution in [3.63, 3.8) is 0 Å². The Morgan fingerprint density at radius 2 is 1.67 bits per heavy atom. The Bertz CT molecular complexity index is 595. The quantitative estimate of drug-likeness (QED) is 0.729. The van der Waals surface area contributed by atoms with Crippen molar-refractivity contribution in [1.29, 1.82) is 0 Å². The van der Waals surface area contributed by atoms with Crippen molar-refractivity contribution in [2.45, 2.75) is 18.6 Å². The molecule has 2 heterocycles. The van der Waals surface area contributed by atoms with Crippen molar-refractivity contribution in [3.8, 4) is 0 Å². The minimum absolute atomic E-state index is 0.00496. The van der Waals surface area contributed by atoms with E-state index >= 15 is 0 Å². The smallest absolute Gasteiger partial charge is 0.407 e. The minimum atomic E-state index is -1.17. The van der Waals surface area contributed by atoms with Crippen molar-refractivity contribution in [2.75, 3.05) is 13.1 Å². The van der Waals surface area contributed by atoms with Crippen LogP contribution in [0.2, 0.25) is 0 Å². The second-order valence-electron chi connectivity index (χ2n) is 5.26. The van der Waals surface area contributed by atoms with Crippen molar-refractivity contribution in [3.05, 3.63) is 35.4 Å². The van der Waals surface area contributed by atoms with E-state index in [1.807, 2.05) is 0 Å². The van der Waals surface area contributed by atoms with E-state index in [0.29, 0.717) is 11.1 Å². The molecule has 1 fully saturated rings. The predicted octanol–water partition coefficient (Wildman–Crippen LogP) is 0.396. The largest absolute Gasteiger partial charge is 0.465 e. The topological polar surface area (TPSA) is 98.1 Å². The van der Waals surface area contributed by atoms with Gasteiger partial charge in [0, 0.05) is 6.54 Å². The Balaban J connectivity index is 1.89. The van der Waals surface area contributed by atoms with Crippen molar-refractivity contribution >= 4 is 17.9 Å². The van der Waals surface area contributed by atoms with Crippen LogP contribution in [-0.4, -0.2) is 63.2 Å². The highest BCUT2D eigenvalue weighted by molar-refractivity contribution is 6.21. The zero-order valence-corrected chi connectivity index (χ0v) is 11.1. The molecule has 7 heteroatoms. The number of likely N-dealkylation sites (tertiary alicyclic amines) is 1. The first kappa shape index (κ1) is 13.6. The monoisotopic (exact) mass is 290 g/mol. The zero-order chi connectivity index (χ0) is 15.1. The van der Waals surface area contributed by atoms with Crippen LogP contribution in [0.25, 0.3) is 0 Å². The first-order valence-corrected chi connectivity index (χ1v) is 6.62. The molecule has 21 heavy (non-hydrogen) atoms. The lowest BCUT2D eigenvalue weighted by molar-refractivity contribution is 0.0176. The number of imide groups is 1. The molecule has 2 aliphatic heterocycles. The third kappa shape index (κ3) is 2.15. The van der Waals surface area contributed by atoms with E-state index < -0.39 is 30.1 Å². The fraction of sp³-hybridized carbons (Fsp3) is 0.357. The van der Waals surface area contributed by atoms with Gasteiger partial charge in [-0.15, -0.1) is 0 Å². The molecule has 2 N–H and O–H groups in total. The zero-order valence-electron chi connectivity index (χ0n) is 11.1. The number of hydrogen-bond acceptors (Lipinski definition) is 4. The fourth-order valence-electron chi connectivity index (χ4n) is 2.93. The predicted molar refractivity (Wildman–Crippen MR) is 71.0 cm³/mol. The number of fused-ring (bicyclic) bond motifs is 1. The van der Waals surface area contributed by atoms with Crippen molar-refractivity contribution in [1.82, 2.24) is 9.80 Å². The summed E-state index contributed by atoms with van der Waals surface area (Å²) in [7, 11) is 0. The molecule has 2 atom stereocenters. The van der Waals surface area contributed by atoms with Gasteiger partial charge >= 0.3 is 6.09 Å². The highest BCUT2D eigenvalue weighted by Gasteiger charge is 2.43. The van der Waals surface area contributed by atoms with Crippen LogP contribution in [0.4, 0.5) is 4.79 Å². The average Bonchev–Trinajstić information content (AvgIpc) is 2.71. The third-order valence-electron chi connectivity index (χ3n) is 3.87. The average molecular weight is 290 g/mol. The van der Waals surface area contributed by atoms with E-state index in [2.05, 4.69) is 0 Å². The molecule has 2 aliphatic rings. The lowest BCUT2D eigenvalue weighted by Gasteiger charge is -2.37. The van der Waals surface area contributed by atoms with Crippen LogP contribution < -0.4 is 0 Å². The van der Waals surface area contributed by atoms with E-state index in [4.69, 9.17) is 5.11 Å². The van der Waals surface area contributed by atoms with Gasteiger partial charge in [-0.2, -0.15) is 0 Å². The van der Waals surface area contributed by atoms with Crippen LogP contribution >= 0.6 is 0 Å². The molecule has 1 aromatic carbocycles. The summed E-state index contributed by atoms with van der Waals surface area (Å²) in [6.45, 7) is 0.0207. The first-order chi connectivity index (χ1) is 9.99. The van der Waals surface area contributed by atoms with Gasteiger partial charge in [0.1, 0.15) is 0 Å². The molecule has 1 aromatic rings. The number of benzene rings is 1. The molecule has 0 spiro atoms. The summed E-state index contributed by atoms with van der Waals surface area (Å²) in [4.78, 5) is 37.9. The van der Waals surface area contributed by atoms with Crippen molar-refractivity contribution < 1.29 is 24.6 Å². The summed E-state index contributed by atoms with van der Waals surface area (Å²) >= 11 is 0. The number of aliphatic hydroxyl groups excluding tert-OH is 1.